The monoisotopic (exact) mass is 361 g/mol. The van der Waals surface area contributed by atoms with Crippen molar-refractivity contribution in [3.63, 3.8) is 0 Å². The van der Waals surface area contributed by atoms with Gasteiger partial charge in [-0.2, -0.15) is 0 Å². The zero-order valence-corrected chi connectivity index (χ0v) is 15.5. The minimum absolute atomic E-state index is 0.0228. The van der Waals surface area contributed by atoms with Crippen molar-refractivity contribution in [3.05, 3.63) is 52.9 Å². The van der Waals surface area contributed by atoms with Gasteiger partial charge in [0.25, 0.3) is 5.56 Å². The van der Waals surface area contributed by atoms with Gasteiger partial charge in [-0.3, -0.25) is 9.36 Å². The predicted molar refractivity (Wildman–Crippen MR) is 107 cm³/mol. The molecule has 3 aromatic rings. The van der Waals surface area contributed by atoms with Crippen LogP contribution >= 0.6 is 0 Å². The summed E-state index contributed by atoms with van der Waals surface area (Å²) < 4.78 is 1.64. The maximum atomic E-state index is 13.1. The number of hydrogen-bond acceptors (Lipinski definition) is 5. The fourth-order valence-corrected chi connectivity index (χ4v) is 4.35. The van der Waals surface area contributed by atoms with Crippen molar-refractivity contribution in [2.24, 2.45) is 7.05 Å². The number of benzene rings is 1. The highest BCUT2D eigenvalue weighted by Gasteiger charge is 2.30. The molecule has 3 aliphatic rings. The van der Waals surface area contributed by atoms with E-state index in [-0.39, 0.29) is 5.56 Å². The zero-order valence-electron chi connectivity index (χ0n) is 15.5. The molecule has 1 aromatic carbocycles. The largest absolute Gasteiger partial charge is 0.352 e. The number of pyridine rings is 1. The summed E-state index contributed by atoms with van der Waals surface area (Å²) in [6.45, 7) is 4.37. The molecule has 3 saturated heterocycles. The molecule has 0 radical (unpaired) electrons. The second-order valence-electron chi connectivity index (χ2n) is 7.49. The number of aromatic nitrogens is 3. The van der Waals surface area contributed by atoms with Gasteiger partial charge in [-0.15, -0.1) is 0 Å². The van der Waals surface area contributed by atoms with E-state index in [1.807, 2.05) is 36.4 Å². The highest BCUT2D eigenvalue weighted by molar-refractivity contribution is 5.81. The molecule has 0 aliphatic carbocycles. The van der Waals surface area contributed by atoms with Crippen molar-refractivity contribution in [1.82, 2.24) is 19.4 Å². The van der Waals surface area contributed by atoms with Gasteiger partial charge in [0, 0.05) is 44.8 Å². The highest BCUT2D eigenvalue weighted by Crippen LogP contribution is 2.27. The topological polar surface area (TPSA) is 54.3 Å². The number of piperidine rings is 1. The van der Waals surface area contributed by atoms with Gasteiger partial charge >= 0.3 is 0 Å². The van der Waals surface area contributed by atoms with Gasteiger partial charge in [0.1, 0.15) is 11.6 Å². The Morgan fingerprint density at radius 2 is 1.81 bits per heavy atom. The number of anilines is 1. The van der Waals surface area contributed by atoms with E-state index in [9.17, 15) is 4.79 Å². The van der Waals surface area contributed by atoms with Crippen molar-refractivity contribution in [2.75, 3.05) is 31.1 Å². The molecule has 0 saturated carbocycles. The van der Waals surface area contributed by atoms with Crippen molar-refractivity contribution >= 4 is 16.7 Å². The van der Waals surface area contributed by atoms with Crippen LogP contribution in [0.25, 0.3) is 22.3 Å². The van der Waals surface area contributed by atoms with Crippen LogP contribution in [-0.2, 0) is 7.05 Å². The van der Waals surface area contributed by atoms with E-state index in [1.165, 1.54) is 25.9 Å². The standard InChI is InChI=1S/C21H23N5O/c1-24-20(15-5-3-2-4-6-15)23-18-14-22-19(13-17(18)21(24)27)26-12-11-25-9-7-16(26)8-10-25/h2-6,13-14,16H,7-12H2,1H3. The van der Waals surface area contributed by atoms with Crippen molar-refractivity contribution < 1.29 is 0 Å². The molecule has 138 valence electrons. The van der Waals surface area contributed by atoms with Gasteiger partial charge in [0.05, 0.1) is 17.1 Å². The van der Waals surface area contributed by atoms with Gasteiger partial charge in [-0.25, -0.2) is 9.97 Å². The maximum Gasteiger partial charge on any atom is 0.261 e. The third-order valence-corrected chi connectivity index (χ3v) is 5.93. The lowest BCUT2D eigenvalue weighted by Gasteiger charge is -2.32. The summed E-state index contributed by atoms with van der Waals surface area (Å²) in [5.74, 6) is 1.58. The lowest BCUT2D eigenvalue weighted by Crippen LogP contribution is -2.38. The van der Waals surface area contributed by atoms with Crippen molar-refractivity contribution in [2.45, 2.75) is 18.9 Å². The van der Waals surface area contributed by atoms with Crippen LogP contribution in [-0.4, -0.2) is 51.7 Å². The fourth-order valence-electron chi connectivity index (χ4n) is 4.35. The average molecular weight is 361 g/mol. The molecule has 6 heteroatoms. The highest BCUT2D eigenvalue weighted by atomic mass is 16.1. The van der Waals surface area contributed by atoms with Crippen molar-refractivity contribution in [1.29, 1.82) is 0 Å². The van der Waals surface area contributed by atoms with Crippen LogP contribution in [0.5, 0.6) is 0 Å². The van der Waals surface area contributed by atoms with E-state index in [1.54, 1.807) is 17.8 Å². The molecule has 6 rings (SSSR count). The Labute approximate surface area is 158 Å². The summed E-state index contributed by atoms with van der Waals surface area (Å²) in [6, 6.07) is 12.3. The Morgan fingerprint density at radius 3 is 2.59 bits per heavy atom. The van der Waals surface area contributed by atoms with Gasteiger partial charge in [0.15, 0.2) is 0 Å². The quantitative estimate of drug-likeness (QED) is 0.701. The summed E-state index contributed by atoms with van der Waals surface area (Å²) >= 11 is 0. The minimum atomic E-state index is -0.0228. The molecule has 0 atom stereocenters. The third kappa shape index (κ3) is 2.80. The van der Waals surface area contributed by atoms with E-state index < -0.39 is 0 Å². The summed E-state index contributed by atoms with van der Waals surface area (Å²) in [5.41, 5.74) is 1.57. The molecule has 0 amide bonds. The van der Waals surface area contributed by atoms with Crippen molar-refractivity contribution in [3.8, 4) is 11.4 Å². The van der Waals surface area contributed by atoms with Crippen LogP contribution in [0.1, 0.15) is 12.8 Å². The van der Waals surface area contributed by atoms with E-state index in [2.05, 4.69) is 9.80 Å². The summed E-state index contributed by atoms with van der Waals surface area (Å²) in [6.07, 6.45) is 4.10. The van der Waals surface area contributed by atoms with Crippen LogP contribution in [0, 0.1) is 0 Å². The van der Waals surface area contributed by atoms with Crippen LogP contribution in [0.4, 0.5) is 5.82 Å². The first kappa shape index (κ1) is 16.4. The number of nitrogens with zero attached hydrogens (tertiary/aromatic N) is 5. The Bertz CT molecular complexity index is 1040. The molecule has 3 aliphatic heterocycles. The Morgan fingerprint density at radius 1 is 1.04 bits per heavy atom. The SMILES string of the molecule is Cn1c(-c2ccccc2)nc2cnc(N3CCN4CCC3CC4)cc2c1=O. The Kier molecular flexibility index (Phi) is 3.93. The van der Waals surface area contributed by atoms with Crippen LogP contribution < -0.4 is 10.5 Å². The van der Waals surface area contributed by atoms with Gasteiger partial charge in [0.2, 0.25) is 0 Å². The zero-order chi connectivity index (χ0) is 18.4. The lowest BCUT2D eigenvalue weighted by molar-refractivity contribution is 0.250. The molecular formula is C21H23N5O. The Balaban J connectivity index is 1.60. The number of rotatable bonds is 2. The molecule has 2 bridgehead atoms. The smallest absolute Gasteiger partial charge is 0.261 e. The fraction of sp³-hybridized carbons (Fsp3) is 0.381. The first-order valence-electron chi connectivity index (χ1n) is 9.62. The molecule has 3 fully saturated rings. The summed E-state index contributed by atoms with van der Waals surface area (Å²) in [5, 5.41) is 0.640. The first-order chi connectivity index (χ1) is 13.2. The molecule has 6 nitrogen and oxygen atoms in total. The van der Waals surface area contributed by atoms with E-state index in [4.69, 9.17) is 9.97 Å². The molecule has 5 heterocycles. The second kappa shape index (κ2) is 6.46. The summed E-state index contributed by atoms with van der Waals surface area (Å²) in [4.78, 5) is 27.4. The van der Waals surface area contributed by atoms with E-state index in [0.29, 0.717) is 22.8 Å². The minimum Gasteiger partial charge on any atom is -0.352 e. The number of fused-ring (bicyclic) bond motifs is 5. The summed E-state index contributed by atoms with van der Waals surface area (Å²) in [7, 11) is 1.79. The molecular weight excluding hydrogens is 338 g/mol. The Hall–Kier alpha value is -2.73. The number of hydrogen-bond donors (Lipinski definition) is 0. The van der Waals surface area contributed by atoms with E-state index >= 15 is 0 Å². The molecule has 0 spiro atoms. The second-order valence-corrected chi connectivity index (χ2v) is 7.49. The first-order valence-corrected chi connectivity index (χ1v) is 9.62. The molecule has 0 N–H and O–H groups in total. The van der Waals surface area contributed by atoms with Crippen LogP contribution in [0.2, 0.25) is 0 Å². The van der Waals surface area contributed by atoms with Gasteiger partial charge in [-0.1, -0.05) is 30.3 Å². The van der Waals surface area contributed by atoms with E-state index in [0.717, 1.165) is 24.5 Å². The maximum absolute atomic E-state index is 13.1. The van der Waals surface area contributed by atoms with Crippen LogP contribution in [0.15, 0.2) is 47.4 Å². The predicted octanol–water partition coefficient (Wildman–Crippen LogP) is 2.28. The molecule has 0 unspecified atom stereocenters. The van der Waals surface area contributed by atoms with Gasteiger partial charge < -0.3 is 9.80 Å². The molecule has 2 aromatic heterocycles. The molecule has 27 heavy (non-hydrogen) atoms. The van der Waals surface area contributed by atoms with Gasteiger partial charge in [-0.05, 0) is 18.9 Å². The van der Waals surface area contributed by atoms with Crippen LogP contribution in [0.3, 0.4) is 0 Å². The normalized spacial score (nSPS) is 22.2. The third-order valence-electron chi connectivity index (χ3n) is 5.93. The average Bonchev–Trinajstić information content (AvgIpc) is 3.05. The lowest BCUT2D eigenvalue weighted by atomic mass is 10.1.